The van der Waals surface area contributed by atoms with Gasteiger partial charge in [-0.05, 0) is 50.5 Å². The number of aliphatic hydroxyl groups excluding tert-OH is 1. The van der Waals surface area contributed by atoms with E-state index in [-0.39, 0.29) is 11.5 Å². The molecule has 0 aromatic heterocycles. The molecule has 16 heavy (non-hydrogen) atoms. The van der Waals surface area contributed by atoms with Crippen LogP contribution >= 0.6 is 0 Å². The molecule has 0 bridgehead atoms. The largest absolute Gasteiger partial charge is 0.391 e. The first kappa shape index (κ1) is 12.4. The van der Waals surface area contributed by atoms with Crippen molar-refractivity contribution in [3.05, 3.63) is 0 Å². The van der Waals surface area contributed by atoms with Gasteiger partial charge in [0.2, 0.25) is 0 Å². The van der Waals surface area contributed by atoms with Crippen molar-refractivity contribution >= 4 is 0 Å². The van der Waals surface area contributed by atoms with E-state index in [1.165, 1.54) is 25.8 Å². The zero-order valence-corrected chi connectivity index (χ0v) is 11.2. The molecule has 0 aromatic carbocycles. The Morgan fingerprint density at radius 1 is 1.19 bits per heavy atom. The van der Waals surface area contributed by atoms with E-state index in [0.717, 1.165) is 12.3 Å². The van der Waals surface area contributed by atoms with Gasteiger partial charge >= 0.3 is 0 Å². The highest BCUT2D eigenvalue weighted by Crippen LogP contribution is 2.41. The highest BCUT2D eigenvalue weighted by atomic mass is 16.3. The Kier molecular flexibility index (Phi) is 3.33. The van der Waals surface area contributed by atoms with Crippen LogP contribution in [0.25, 0.3) is 0 Å². The molecule has 2 heteroatoms. The predicted octanol–water partition coefficient (Wildman–Crippen LogP) is 2.66. The summed E-state index contributed by atoms with van der Waals surface area (Å²) in [6.07, 6.45) is 4.85. The third kappa shape index (κ3) is 2.02. The third-order valence-corrected chi connectivity index (χ3v) is 5.10. The van der Waals surface area contributed by atoms with Crippen LogP contribution in [0.4, 0.5) is 0 Å². The van der Waals surface area contributed by atoms with Gasteiger partial charge in [-0.15, -0.1) is 0 Å². The van der Waals surface area contributed by atoms with Crippen LogP contribution in [0, 0.1) is 11.3 Å². The van der Waals surface area contributed by atoms with Crippen LogP contribution in [-0.4, -0.2) is 34.7 Å². The van der Waals surface area contributed by atoms with Crippen molar-refractivity contribution in [1.82, 2.24) is 4.90 Å². The summed E-state index contributed by atoms with van der Waals surface area (Å²) >= 11 is 0. The predicted molar refractivity (Wildman–Crippen MR) is 67.4 cm³/mol. The number of likely N-dealkylation sites (tertiary alicyclic amines) is 1. The maximum absolute atomic E-state index is 10.4. The molecule has 0 aromatic rings. The molecule has 4 unspecified atom stereocenters. The van der Waals surface area contributed by atoms with Gasteiger partial charge in [-0.25, -0.2) is 0 Å². The van der Waals surface area contributed by atoms with Gasteiger partial charge in [0.1, 0.15) is 0 Å². The first-order valence-corrected chi connectivity index (χ1v) is 6.87. The molecule has 1 aliphatic carbocycles. The zero-order valence-electron chi connectivity index (χ0n) is 11.2. The molecule has 94 valence electrons. The van der Waals surface area contributed by atoms with Crippen LogP contribution in [0.2, 0.25) is 0 Å². The van der Waals surface area contributed by atoms with E-state index in [2.05, 4.69) is 32.6 Å². The van der Waals surface area contributed by atoms with Crippen molar-refractivity contribution in [2.45, 2.75) is 71.6 Å². The zero-order chi connectivity index (χ0) is 11.9. The summed E-state index contributed by atoms with van der Waals surface area (Å²) in [4.78, 5) is 2.58. The molecule has 1 N–H and O–H groups in total. The van der Waals surface area contributed by atoms with Gasteiger partial charge in [-0.3, -0.25) is 4.90 Å². The van der Waals surface area contributed by atoms with Gasteiger partial charge in [0.15, 0.2) is 0 Å². The SMILES string of the molecule is CC1CCCN(C2CCC(C)(C)C2O)C1C. The molecule has 1 heterocycles. The third-order valence-electron chi connectivity index (χ3n) is 5.10. The molecule has 4 atom stereocenters. The van der Waals surface area contributed by atoms with Crippen molar-refractivity contribution in [3.63, 3.8) is 0 Å². The molecule has 1 saturated carbocycles. The summed E-state index contributed by atoms with van der Waals surface area (Å²) in [5.41, 5.74) is 0.116. The van der Waals surface area contributed by atoms with Gasteiger partial charge in [-0.2, -0.15) is 0 Å². The van der Waals surface area contributed by atoms with E-state index in [1.807, 2.05) is 0 Å². The maximum atomic E-state index is 10.4. The van der Waals surface area contributed by atoms with Crippen molar-refractivity contribution < 1.29 is 5.11 Å². The topological polar surface area (TPSA) is 23.5 Å². The molecule has 0 radical (unpaired) electrons. The average molecular weight is 225 g/mol. The lowest BCUT2D eigenvalue weighted by Crippen LogP contribution is -2.52. The van der Waals surface area contributed by atoms with Crippen LogP contribution in [0.1, 0.15) is 53.4 Å². The number of hydrogen-bond donors (Lipinski definition) is 1. The minimum atomic E-state index is -0.139. The second kappa shape index (κ2) is 4.30. The number of nitrogens with zero attached hydrogens (tertiary/aromatic N) is 1. The Morgan fingerprint density at radius 2 is 1.88 bits per heavy atom. The maximum Gasteiger partial charge on any atom is 0.0746 e. The second-order valence-electron chi connectivity index (χ2n) is 6.64. The Balaban J connectivity index is 2.08. The lowest BCUT2D eigenvalue weighted by Gasteiger charge is -2.43. The van der Waals surface area contributed by atoms with E-state index in [4.69, 9.17) is 0 Å². The first-order chi connectivity index (χ1) is 7.43. The fourth-order valence-corrected chi connectivity index (χ4v) is 3.53. The second-order valence-corrected chi connectivity index (χ2v) is 6.64. The minimum absolute atomic E-state index is 0.116. The number of rotatable bonds is 1. The van der Waals surface area contributed by atoms with Crippen molar-refractivity contribution in [3.8, 4) is 0 Å². The van der Waals surface area contributed by atoms with Crippen LogP contribution in [0.3, 0.4) is 0 Å². The van der Waals surface area contributed by atoms with E-state index < -0.39 is 0 Å². The van der Waals surface area contributed by atoms with Crippen LogP contribution < -0.4 is 0 Å². The van der Waals surface area contributed by atoms with E-state index in [9.17, 15) is 5.11 Å². The standard InChI is InChI=1S/C14H27NO/c1-10-6-5-9-15(11(10)2)12-7-8-14(3,4)13(12)16/h10-13,16H,5-9H2,1-4H3. The molecule has 1 aliphatic heterocycles. The van der Waals surface area contributed by atoms with E-state index in [0.29, 0.717) is 12.1 Å². The van der Waals surface area contributed by atoms with Gasteiger partial charge in [0.05, 0.1) is 6.10 Å². The summed E-state index contributed by atoms with van der Waals surface area (Å²) in [6, 6.07) is 1.05. The Bertz CT molecular complexity index is 251. The molecule has 0 spiro atoms. The molecular formula is C14H27NO. The molecule has 2 fully saturated rings. The van der Waals surface area contributed by atoms with Gasteiger partial charge in [0, 0.05) is 12.1 Å². The normalized spacial score (nSPS) is 44.8. The Hall–Kier alpha value is -0.0800. The monoisotopic (exact) mass is 225 g/mol. The lowest BCUT2D eigenvalue weighted by molar-refractivity contribution is -0.0207. The van der Waals surface area contributed by atoms with Gasteiger partial charge < -0.3 is 5.11 Å². The summed E-state index contributed by atoms with van der Waals surface area (Å²) in [5.74, 6) is 0.782. The summed E-state index contributed by atoms with van der Waals surface area (Å²) in [7, 11) is 0. The van der Waals surface area contributed by atoms with Gasteiger partial charge in [-0.1, -0.05) is 20.8 Å². The number of aliphatic hydroxyl groups is 1. The highest BCUT2D eigenvalue weighted by Gasteiger charge is 2.45. The molecule has 2 aliphatic rings. The van der Waals surface area contributed by atoms with Crippen molar-refractivity contribution in [1.29, 1.82) is 0 Å². The molecule has 0 amide bonds. The summed E-state index contributed by atoms with van der Waals surface area (Å²) in [6.45, 7) is 10.3. The lowest BCUT2D eigenvalue weighted by atomic mass is 9.86. The molecular weight excluding hydrogens is 198 g/mol. The van der Waals surface area contributed by atoms with Crippen LogP contribution in [0.15, 0.2) is 0 Å². The van der Waals surface area contributed by atoms with E-state index in [1.54, 1.807) is 0 Å². The molecule has 2 nitrogen and oxygen atoms in total. The fourth-order valence-electron chi connectivity index (χ4n) is 3.53. The molecule has 1 saturated heterocycles. The quantitative estimate of drug-likeness (QED) is 0.741. The minimum Gasteiger partial charge on any atom is -0.391 e. The summed E-state index contributed by atoms with van der Waals surface area (Å²) in [5, 5.41) is 10.4. The van der Waals surface area contributed by atoms with Crippen LogP contribution in [0.5, 0.6) is 0 Å². The van der Waals surface area contributed by atoms with Gasteiger partial charge in [0.25, 0.3) is 0 Å². The smallest absolute Gasteiger partial charge is 0.0746 e. The molecule has 2 rings (SSSR count). The Morgan fingerprint density at radius 3 is 2.44 bits per heavy atom. The number of piperidine rings is 1. The first-order valence-electron chi connectivity index (χ1n) is 6.87. The van der Waals surface area contributed by atoms with E-state index >= 15 is 0 Å². The average Bonchev–Trinajstić information content (AvgIpc) is 2.48. The summed E-state index contributed by atoms with van der Waals surface area (Å²) < 4.78 is 0. The van der Waals surface area contributed by atoms with Crippen molar-refractivity contribution in [2.75, 3.05) is 6.54 Å². The highest BCUT2D eigenvalue weighted by molar-refractivity contribution is 4.98. The van der Waals surface area contributed by atoms with Crippen molar-refractivity contribution in [2.24, 2.45) is 11.3 Å². The fraction of sp³-hybridized carbons (Fsp3) is 1.00. The van der Waals surface area contributed by atoms with Crippen LogP contribution in [-0.2, 0) is 0 Å². The Labute approximate surface area is 100 Å². The number of hydrogen-bond acceptors (Lipinski definition) is 2.